The molecule has 3 aromatic carbocycles. The van der Waals surface area contributed by atoms with Gasteiger partial charge in [0.2, 0.25) is 11.8 Å². The van der Waals surface area contributed by atoms with E-state index in [2.05, 4.69) is 39.8 Å². The number of nitrogens with one attached hydrogen (secondary N) is 2. The zero-order valence-electron chi connectivity index (χ0n) is 17.5. The van der Waals surface area contributed by atoms with Crippen LogP contribution < -0.4 is 10.6 Å². The fourth-order valence-corrected chi connectivity index (χ4v) is 4.02. The van der Waals surface area contributed by atoms with E-state index in [1.807, 2.05) is 18.2 Å². The number of hydrogen-bond donors (Lipinski definition) is 2. The van der Waals surface area contributed by atoms with Crippen LogP contribution >= 0.6 is 0 Å². The van der Waals surface area contributed by atoms with Crippen molar-refractivity contribution in [2.24, 2.45) is 0 Å². The molecule has 6 heteroatoms. The fraction of sp³-hybridized carbons (Fsp3) is 0.280. The van der Waals surface area contributed by atoms with Gasteiger partial charge in [-0.3, -0.25) is 14.5 Å². The Hall–Kier alpha value is -3.25. The molecule has 4 rings (SSSR count). The Morgan fingerprint density at radius 1 is 1.16 bits per heavy atom. The van der Waals surface area contributed by atoms with E-state index in [1.165, 1.54) is 6.07 Å². The summed E-state index contributed by atoms with van der Waals surface area (Å²) in [5, 5.41) is 7.99. The summed E-state index contributed by atoms with van der Waals surface area (Å²) in [5.74, 6) is -0.659. The van der Waals surface area contributed by atoms with Crippen LogP contribution in [0.15, 0.2) is 60.7 Å². The first kappa shape index (κ1) is 21.0. The monoisotopic (exact) mass is 419 g/mol. The first-order valence-corrected chi connectivity index (χ1v) is 10.5. The van der Waals surface area contributed by atoms with Gasteiger partial charge in [0.15, 0.2) is 0 Å². The van der Waals surface area contributed by atoms with Crippen molar-refractivity contribution in [3.8, 4) is 0 Å². The zero-order chi connectivity index (χ0) is 21.8. The summed E-state index contributed by atoms with van der Waals surface area (Å²) < 4.78 is 13.7. The van der Waals surface area contributed by atoms with E-state index in [0.717, 1.165) is 16.3 Å². The van der Waals surface area contributed by atoms with Crippen molar-refractivity contribution in [3.63, 3.8) is 0 Å². The molecule has 0 radical (unpaired) electrons. The van der Waals surface area contributed by atoms with Gasteiger partial charge in [-0.05, 0) is 40.5 Å². The molecule has 0 bridgehead atoms. The molecular formula is C25H26FN3O2. The van der Waals surface area contributed by atoms with Gasteiger partial charge in [-0.1, -0.05) is 54.6 Å². The van der Waals surface area contributed by atoms with E-state index < -0.39 is 6.04 Å². The smallest absolute Gasteiger partial charge is 0.237 e. The molecule has 1 heterocycles. The number of carbonyl (C=O) groups is 2. The molecule has 0 spiro atoms. The van der Waals surface area contributed by atoms with Gasteiger partial charge in [0, 0.05) is 26.2 Å². The third-order valence-corrected chi connectivity index (χ3v) is 5.80. The molecule has 2 N–H and O–H groups in total. The number of nitrogens with zero attached hydrogens (tertiary/aromatic N) is 1. The van der Waals surface area contributed by atoms with Crippen LogP contribution in [-0.2, 0) is 22.7 Å². The Labute approximate surface area is 181 Å². The number of amides is 2. The molecule has 1 fully saturated rings. The van der Waals surface area contributed by atoms with E-state index in [1.54, 1.807) is 19.1 Å². The van der Waals surface area contributed by atoms with Gasteiger partial charge >= 0.3 is 0 Å². The molecule has 160 valence electrons. The number of aryl methyl sites for hydroxylation is 1. The van der Waals surface area contributed by atoms with Gasteiger partial charge in [-0.25, -0.2) is 4.39 Å². The Bertz CT molecular complexity index is 1110. The fourth-order valence-electron chi connectivity index (χ4n) is 4.02. The van der Waals surface area contributed by atoms with Crippen molar-refractivity contribution in [2.75, 3.05) is 13.1 Å². The molecule has 1 unspecified atom stereocenters. The minimum atomic E-state index is -0.539. The number of benzene rings is 3. The van der Waals surface area contributed by atoms with Crippen LogP contribution in [0.1, 0.15) is 23.1 Å². The maximum atomic E-state index is 13.7. The summed E-state index contributed by atoms with van der Waals surface area (Å²) in [6.45, 7) is 3.76. The minimum Gasteiger partial charge on any atom is -0.353 e. The van der Waals surface area contributed by atoms with Crippen molar-refractivity contribution in [1.82, 2.24) is 15.5 Å². The lowest BCUT2D eigenvalue weighted by atomic mass is 10.0. The van der Waals surface area contributed by atoms with Crippen molar-refractivity contribution in [1.29, 1.82) is 0 Å². The second-order valence-electron chi connectivity index (χ2n) is 7.98. The maximum absolute atomic E-state index is 13.7. The third-order valence-electron chi connectivity index (χ3n) is 5.80. The molecule has 0 aliphatic carbocycles. The van der Waals surface area contributed by atoms with Crippen LogP contribution in [0.25, 0.3) is 10.8 Å². The maximum Gasteiger partial charge on any atom is 0.237 e. The van der Waals surface area contributed by atoms with E-state index in [9.17, 15) is 14.0 Å². The van der Waals surface area contributed by atoms with Crippen LogP contribution in [0.3, 0.4) is 0 Å². The first-order valence-electron chi connectivity index (χ1n) is 10.5. The van der Waals surface area contributed by atoms with Crippen LogP contribution in [-0.4, -0.2) is 35.8 Å². The Kier molecular flexibility index (Phi) is 6.28. The second kappa shape index (κ2) is 9.27. The number of fused-ring (bicyclic) bond motifs is 1. The number of hydrogen-bond acceptors (Lipinski definition) is 3. The predicted octanol–water partition coefficient (Wildman–Crippen LogP) is 3.29. The molecule has 3 aromatic rings. The van der Waals surface area contributed by atoms with Crippen LogP contribution in [0.4, 0.5) is 4.39 Å². The van der Waals surface area contributed by atoms with E-state index in [-0.39, 0.29) is 30.6 Å². The number of piperazine rings is 1. The quantitative estimate of drug-likeness (QED) is 0.645. The van der Waals surface area contributed by atoms with Gasteiger partial charge in [-0.2, -0.15) is 0 Å². The van der Waals surface area contributed by atoms with Crippen molar-refractivity contribution < 1.29 is 14.0 Å². The number of carbonyl (C=O) groups excluding carboxylic acids is 2. The normalized spacial score (nSPS) is 16.8. The van der Waals surface area contributed by atoms with Crippen LogP contribution in [0.5, 0.6) is 0 Å². The van der Waals surface area contributed by atoms with Gasteiger partial charge in [0.25, 0.3) is 0 Å². The van der Waals surface area contributed by atoms with Crippen molar-refractivity contribution in [3.05, 3.63) is 83.2 Å². The zero-order valence-corrected chi connectivity index (χ0v) is 17.5. The number of halogens is 1. The van der Waals surface area contributed by atoms with Crippen LogP contribution in [0, 0.1) is 12.7 Å². The van der Waals surface area contributed by atoms with Gasteiger partial charge in [0.05, 0.1) is 12.5 Å². The highest BCUT2D eigenvalue weighted by atomic mass is 19.1. The molecule has 2 amide bonds. The van der Waals surface area contributed by atoms with Gasteiger partial charge < -0.3 is 10.6 Å². The third kappa shape index (κ3) is 4.91. The summed E-state index contributed by atoms with van der Waals surface area (Å²) in [6.07, 6.45) is 0.0605. The first-order chi connectivity index (χ1) is 15.0. The standard InChI is InChI=1S/C25H26FN3O2/c1-17-9-10-18(13-22(17)26)15-28-24(30)14-23-25(31)27-11-12-29(23)16-20-7-4-6-19-5-2-3-8-21(19)20/h2-10,13,23H,11-12,14-16H2,1H3,(H,27,31)(H,28,30). The van der Waals surface area contributed by atoms with Gasteiger partial charge in [-0.15, -0.1) is 0 Å². The topological polar surface area (TPSA) is 61.4 Å². The van der Waals surface area contributed by atoms with E-state index in [4.69, 9.17) is 0 Å². The Morgan fingerprint density at radius 3 is 2.81 bits per heavy atom. The molecule has 0 saturated carbocycles. The second-order valence-corrected chi connectivity index (χ2v) is 7.98. The summed E-state index contributed by atoms with van der Waals surface area (Å²) >= 11 is 0. The average molecular weight is 420 g/mol. The molecule has 0 aromatic heterocycles. The SMILES string of the molecule is Cc1ccc(CNC(=O)CC2C(=O)NCCN2Cc2cccc3ccccc23)cc1F. The lowest BCUT2D eigenvalue weighted by Crippen LogP contribution is -2.56. The number of rotatable bonds is 6. The van der Waals surface area contributed by atoms with Gasteiger partial charge in [0.1, 0.15) is 5.82 Å². The largest absolute Gasteiger partial charge is 0.353 e. The molecule has 1 aliphatic rings. The molecule has 1 atom stereocenters. The summed E-state index contributed by atoms with van der Waals surface area (Å²) in [7, 11) is 0. The average Bonchev–Trinajstić information content (AvgIpc) is 2.77. The van der Waals surface area contributed by atoms with Crippen molar-refractivity contribution >= 4 is 22.6 Å². The molecule has 31 heavy (non-hydrogen) atoms. The summed E-state index contributed by atoms with van der Waals surface area (Å²) in [6, 6.07) is 18.7. The van der Waals surface area contributed by atoms with Crippen molar-refractivity contribution in [2.45, 2.75) is 32.5 Å². The summed E-state index contributed by atoms with van der Waals surface area (Å²) in [4.78, 5) is 27.2. The molecule has 5 nitrogen and oxygen atoms in total. The molecule has 1 aliphatic heterocycles. The summed E-state index contributed by atoms with van der Waals surface area (Å²) in [5.41, 5.74) is 2.39. The Morgan fingerprint density at radius 2 is 1.97 bits per heavy atom. The highest BCUT2D eigenvalue weighted by Crippen LogP contribution is 2.22. The minimum absolute atomic E-state index is 0.0605. The van der Waals surface area contributed by atoms with E-state index in [0.29, 0.717) is 30.8 Å². The van der Waals surface area contributed by atoms with E-state index >= 15 is 0 Å². The highest BCUT2D eigenvalue weighted by Gasteiger charge is 2.31. The Balaban J connectivity index is 1.44. The lowest BCUT2D eigenvalue weighted by molar-refractivity contribution is -0.134. The van der Waals surface area contributed by atoms with Crippen LogP contribution in [0.2, 0.25) is 0 Å². The highest BCUT2D eigenvalue weighted by molar-refractivity contribution is 5.89. The predicted molar refractivity (Wildman–Crippen MR) is 119 cm³/mol. The lowest BCUT2D eigenvalue weighted by Gasteiger charge is -2.35. The molecule has 1 saturated heterocycles. The molecular weight excluding hydrogens is 393 g/mol.